The van der Waals surface area contributed by atoms with E-state index in [2.05, 4.69) is 26.9 Å². The highest BCUT2D eigenvalue weighted by Crippen LogP contribution is 2.20. The molecule has 2 aromatic rings. The van der Waals surface area contributed by atoms with Gasteiger partial charge in [-0.15, -0.1) is 0 Å². The summed E-state index contributed by atoms with van der Waals surface area (Å²) >= 11 is 0. The average Bonchev–Trinajstić information content (AvgIpc) is 2.82. The van der Waals surface area contributed by atoms with Crippen molar-refractivity contribution in [3.05, 3.63) is 18.6 Å². The van der Waals surface area contributed by atoms with Crippen LogP contribution in [0.1, 0.15) is 12.8 Å². The third-order valence-corrected chi connectivity index (χ3v) is 2.79. The summed E-state index contributed by atoms with van der Waals surface area (Å²) in [7, 11) is 3.79. The number of aromatic amines is 1. The molecule has 0 aliphatic heterocycles. The summed E-state index contributed by atoms with van der Waals surface area (Å²) in [6.45, 7) is 1.79. The molecule has 0 aromatic carbocycles. The van der Waals surface area contributed by atoms with Gasteiger partial charge in [0, 0.05) is 33.5 Å². The van der Waals surface area contributed by atoms with Gasteiger partial charge < -0.3 is 14.6 Å². The number of fused-ring (bicyclic) bond motifs is 1. The molecule has 1 N–H and O–H groups in total. The molecule has 0 bridgehead atoms. The van der Waals surface area contributed by atoms with Crippen LogP contribution in [0, 0.1) is 0 Å². The molecular formula is C12H18N4O. The normalized spacial score (nSPS) is 10.9. The molecule has 17 heavy (non-hydrogen) atoms. The topological polar surface area (TPSA) is 54.0 Å². The van der Waals surface area contributed by atoms with Crippen LogP contribution in [-0.2, 0) is 4.74 Å². The first-order chi connectivity index (χ1) is 8.33. The molecule has 5 nitrogen and oxygen atoms in total. The molecule has 2 rings (SSSR count). The van der Waals surface area contributed by atoms with E-state index >= 15 is 0 Å². The quantitative estimate of drug-likeness (QED) is 0.775. The lowest BCUT2D eigenvalue weighted by molar-refractivity contribution is 0.193. The summed E-state index contributed by atoms with van der Waals surface area (Å²) in [5.41, 5.74) is 0.888. The van der Waals surface area contributed by atoms with Crippen molar-refractivity contribution >= 4 is 16.9 Å². The first-order valence-corrected chi connectivity index (χ1v) is 5.81. The van der Waals surface area contributed by atoms with E-state index in [1.807, 2.05) is 12.3 Å². The number of rotatable bonds is 6. The van der Waals surface area contributed by atoms with Crippen molar-refractivity contribution in [2.24, 2.45) is 0 Å². The van der Waals surface area contributed by atoms with E-state index in [9.17, 15) is 0 Å². The number of anilines is 1. The van der Waals surface area contributed by atoms with Gasteiger partial charge >= 0.3 is 0 Å². The van der Waals surface area contributed by atoms with Crippen molar-refractivity contribution in [3.63, 3.8) is 0 Å². The van der Waals surface area contributed by atoms with Gasteiger partial charge in [-0.3, -0.25) is 0 Å². The fraction of sp³-hybridized carbons (Fsp3) is 0.500. The number of hydrogen-bond acceptors (Lipinski definition) is 4. The lowest BCUT2D eigenvalue weighted by Crippen LogP contribution is -2.20. The lowest BCUT2D eigenvalue weighted by atomic mass is 10.3. The minimum Gasteiger partial charge on any atom is -0.385 e. The number of methoxy groups -OCH3 is 1. The van der Waals surface area contributed by atoms with Crippen LogP contribution in [-0.4, -0.2) is 42.3 Å². The lowest BCUT2D eigenvalue weighted by Gasteiger charge is -2.18. The highest BCUT2D eigenvalue weighted by Gasteiger charge is 2.08. The fourth-order valence-electron chi connectivity index (χ4n) is 1.86. The monoisotopic (exact) mass is 234 g/mol. The molecule has 0 fully saturated rings. The van der Waals surface area contributed by atoms with E-state index in [0.29, 0.717) is 0 Å². The third-order valence-electron chi connectivity index (χ3n) is 2.79. The van der Waals surface area contributed by atoms with E-state index in [1.165, 1.54) is 0 Å². The first kappa shape index (κ1) is 11.9. The maximum Gasteiger partial charge on any atom is 0.142 e. The zero-order valence-corrected chi connectivity index (χ0v) is 10.3. The number of nitrogens with one attached hydrogen (secondary N) is 1. The molecule has 0 aliphatic carbocycles. The first-order valence-electron chi connectivity index (χ1n) is 5.81. The van der Waals surface area contributed by atoms with E-state index in [0.717, 1.165) is 42.8 Å². The molecule has 2 aromatic heterocycles. The van der Waals surface area contributed by atoms with Gasteiger partial charge in [0.2, 0.25) is 0 Å². The maximum atomic E-state index is 5.04. The Hall–Kier alpha value is -1.62. The molecule has 0 saturated heterocycles. The van der Waals surface area contributed by atoms with Crippen LogP contribution in [0.4, 0.5) is 5.82 Å². The molecule has 0 unspecified atom stereocenters. The highest BCUT2D eigenvalue weighted by atomic mass is 16.5. The van der Waals surface area contributed by atoms with Gasteiger partial charge in [-0.05, 0) is 18.9 Å². The molecule has 0 aliphatic rings. The molecule has 0 spiro atoms. The zero-order valence-electron chi connectivity index (χ0n) is 10.3. The van der Waals surface area contributed by atoms with Crippen LogP contribution < -0.4 is 4.90 Å². The van der Waals surface area contributed by atoms with Crippen LogP contribution in [0.3, 0.4) is 0 Å². The summed E-state index contributed by atoms with van der Waals surface area (Å²) in [6.07, 6.45) is 5.66. The van der Waals surface area contributed by atoms with Gasteiger partial charge in [0.15, 0.2) is 0 Å². The van der Waals surface area contributed by atoms with Crippen molar-refractivity contribution in [2.45, 2.75) is 12.8 Å². The van der Waals surface area contributed by atoms with E-state index in [4.69, 9.17) is 4.74 Å². The predicted octanol–water partition coefficient (Wildman–Crippen LogP) is 1.82. The van der Waals surface area contributed by atoms with Crippen molar-refractivity contribution in [1.29, 1.82) is 0 Å². The molecule has 0 radical (unpaired) electrons. The molecule has 5 heteroatoms. The SMILES string of the molecule is COCCCCN(C)c1ncnc2[nH]ccc12. The smallest absolute Gasteiger partial charge is 0.142 e. The fourth-order valence-corrected chi connectivity index (χ4v) is 1.86. The minimum absolute atomic E-state index is 0.817. The second kappa shape index (κ2) is 5.63. The van der Waals surface area contributed by atoms with Gasteiger partial charge in [-0.25, -0.2) is 9.97 Å². The Morgan fingerprint density at radius 2 is 2.24 bits per heavy atom. The Labute approximate surface area is 101 Å². The Balaban J connectivity index is 2.03. The van der Waals surface area contributed by atoms with Crippen LogP contribution in [0.15, 0.2) is 18.6 Å². The largest absolute Gasteiger partial charge is 0.385 e. The van der Waals surface area contributed by atoms with E-state index in [1.54, 1.807) is 13.4 Å². The second-order valence-corrected chi connectivity index (χ2v) is 4.06. The number of nitrogens with zero attached hydrogens (tertiary/aromatic N) is 3. The summed E-state index contributed by atoms with van der Waals surface area (Å²) < 4.78 is 5.04. The molecule has 2 heterocycles. The highest BCUT2D eigenvalue weighted by molar-refractivity contribution is 5.87. The zero-order chi connectivity index (χ0) is 12.1. The van der Waals surface area contributed by atoms with Gasteiger partial charge in [-0.2, -0.15) is 0 Å². The van der Waals surface area contributed by atoms with Crippen LogP contribution in [0.25, 0.3) is 11.0 Å². The standard InChI is InChI=1S/C12H18N4O/c1-16(7-3-4-8-17-2)12-10-5-6-13-11(10)14-9-15-12/h5-6,9H,3-4,7-8H2,1-2H3,(H,13,14,15). The summed E-state index contributed by atoms with van der Waals surface area (Å²) in [4.78, 5) is 13.8. The summed E-state index contributed by atoms with van der Waals surface area (Å²) in [5, 5.41) is 1.07. The van der Waals surface area contributed by atoms with E-state index < -0.39 is 0 Å². The number of hydrogen-bond donors (Lipinski definition) is 1. The molecule has 92 valence electrons. The van der Waals surface area contributed by atoms with Crippen LogP contribution in [0.2, 0.25) is 0 Å². The Kier molecular flexibility index (Phi) is 3.93. The number of ether oxygens (including phenoxy) is 1. The molecule has 0 amide bonds. The molecule has 0 atom stereocenters. The van der Waals surface area contributed by atoms with Gasteiger partial charge in [0.05, 0.1) is 5.39 Å². The van der Waals surface area contributed by atoms with Crippen LogP contribution >= 0.6 is 0 Å². The Morgan fingerprint density at radius 1 is 1.35 bits per heavy atom. The summed E-state index contributed by atoms with van der Waals surface area (Å²) in [6, 6.07) is 2.01. The predicted molar refractivity (Wildman–Crippen MR) is 68.3 cm³/mol. The van der Waals surface area contributed by atoms with Gasteiger partial charge in [-0.1, -0.05) is 0 Å². The van der Waals surface area contributed by atoms with Crippen molar-refractivity contribution in [2.75, 3.05) is 32.2 Å². The van der Waals surface area contributed by atoms with Crippen LogP contribution in [0.5, 0.6) is 0 Å². The second-order valence-electron chi connectivity index (χ2n) is 4.06. The number of unbranched alkanes of at least 4 members (excludes halogenated alkanes) is 1. The minimum atomic E-state index is 0.817. The van der Waals surface area contributed by atoms with Gasteiger partial charge in [0.25, 0.3) is 0 Å². The van der Waals surface area contributed by atoms with Gasteiger partial charge in [0.1, 0.15) is 17.8 Å². The average molecular weight is 234 g/mol. The third kappa shape index (κ3) is 2.74. The van der Waals surface area contributed by atoms with Crippen molar-refractivity contribution in [3.8, 4) is 0 Å². The van der Waals surface area contributed by atoms with Crippen molar-refractivity contribution < 1.29 is 4.74 Å². The number of aromatic nitrogens is 3. The molecular weight excluding hydrogens is 216 g/mol. The van der Waals surface area contributed by atoms with E-state index in [-0.39, 0.29) is 0 Å². The maximum absolute atomic E-state index is 5.04. The molecule has 0 saturated carbocycles. The number of H-pyrrole nitrogens is 1. The Morgan fingerprint density at radius 3 is 3.06 bits per heavy atom. The van der Waals surface area contributed by atoms with Crippen molar-refractivity contribution in [1.82, 2.24) is 15.0 Å². The summed E-state index contributed by atoms with van der Waals surface area (Å²) in [5.74, 6) is 0.980. The Bertz CT molecular complexity index is 468.